The first-order chi connectivity index (χ1) is 13.5. The van der Waals surface area contributed by atoms with Gasteiger partial charge in [-0.3, -0.25) is 9.59 Å². The van der Waals surface area contributed by atoms with Gasteiger partial charge >= 0.3 is 0 Å². The van der Waals surface area contributed by atoms with E-state index in [-0.39, 0.29) is 24.2 Å². The minimum absolute atomic E-state index is 0.0677. The monoisotopic (exact) mass is 402 g/mol. The van der Waals surface area contributed by atoms with Crippen LogP contribution < -0.4 is 15.0 Å². The topological polar surface area (TPSA) is 74.8 Å². The predicted octanol–water partition coefficient (Wildman–Crippen LogP) is 2.64. The van der Waals surface area contributed by atoms with Gasteiger partial charge in [-0.05, 0) is 24.3 Å². The molecule has 1 aromatic heterocycles. The van der Waals surface area contributed by atoms with Crippen LogP contribution in [0.4, 0.5) is 10.8 Å². The second-order valence-electron chi connectivity index (χ2n) is 7.03. The van der Waals surface area contributed by atoms with E-state index in [4.69, 9.17) is 4.74 Å². The SMILES string of the molecule is COc1ccc(N2CCN(C(=O)Cc3csc(NC(=O)C(C)C)n3)CC2)cc1. The maximum absolute atomic E-state index is 12.6. The fourth-order valence-corrected chi connectivity index (χ4v) is 3.68. The van der Waals surface area contributed by atoms with Gasteiger partial charge in [0.15, 0.2) is 5.13 Å². The number of hydrogen-bond donors (Lipinski definition) is 1. The average Bonchev–Trinajstić information content (AvgIpc) is 3.14. The minimum atomic E-state index is -0.101. The molecule has 7 nitrogen and oxygen atoms in total. The van der Waals surface area contributed by atoms with Crippen molar-refractivity contribution in [3.05, 3.63) is 35.3 Å². The van der Waals surface area contributed by atoms with Gasteiger partial charge in [-0.1, -0.05) is 13.8 Å². The third kappa shape index (κ3) is 5.01. The predicted molar refractivity (Wildman–Crippen MR) is 111 cm³/mol. The number of methoxy groups -OCH3 is 1. The minimum Gasteiger partial charge on any atom is -0.497 e. The summed E-state index contributed by atoms with van der Waals surface area (Å²) in [6, 6.07) is 7.98. The summed E-state index contributed by atoms with van der Waals surface area (Å²) < 4.78 is 5.20. The highest BCUT2D eigenvalue weighted by Crippen LogP contribution is 2.21. The summed E-state index contributed by atoms with van der Waals surface area (Å²) in [7, 11) is 1.66. The summed E-state index contributed by atoms with van der Waals surface area (Å²) in [5.41, 5.74) is 1.84. The van der Waals surface area contributed by atoms with Gasteiger partial charge in [0.2, 0.25) is 11.8 Å². The smallest absolute Gasteiger partial charge is 0.228 e. The molecule has 1 fully saturated rings. The number of nitrogens with one attached hydrogen (secondary N) is 1. The van der Waals surface area contributed by atoms with Crippen LogP contribution >= 0.6 is 11.3 Å². The van der Waals surface area contributed by atoms with Gasteiger partial charge in [0.1, 0.15) is 5.75 Å². The van der Waals surface area contributed by atoms with Crippen molar-refractivity contribution in [1.82, 2.24) is 9.88 Å². The normalized spacial score (nSPS) is 14.3. The highest BCUT2D eigenvalue weighted by atomic mass is 32.1. The number of carbonyl (C=O) groups is 2. The molecule has 1 aliphatic heterocycles. The van der Waals surface area contributed by atoms with Crippen LogP contribution in [0.3, 0.4) is 0 Å². The lowest BCUT2D eigenvalue weighted by molar-refractivity contribution is -0.130. The van der Waals surface area contributed by atoms with Gasteiger partial charge in [0.05, 0.1) is 19.2 Å². The van der Waals surface area contributed by atoms with Gasteiger partial charge in [0, 0.05) is 43.2 Å². The number of carbonyl (C=O) groups excluding carboxylic acids is 2. The van der Waals surface area contributed by atoms with Gasteiger partial charge in [0.25, 0.3) is 0 Å². The van der Waals surface area contributed by atoms with E-state index in [1.165, 1.54) is 11.3 Å². The molecular weight excluding hydrogens is 376 g/mol. The van der Waals surface area contributed by atoms with E-state index < -0.39 is 0 Å². The van der Waals surface area contributed by atoms with Gasteiger partial charge in [-0.25, -0.2) is 4.98 Å². The Morgan fingerprint density at radius 1 is 1.18 bits per heavy atom. The van der Waals surface area contributed by atoms with Crippen LogP contribution in [0, 0.1) is 5.92 Å². The number of hydrogen-bond acceptors (Lipinski definition) is 6. The van der Waals surface area contributed by atoms with E-state index >= 15 is 0 Å². The van der Waals surface area contributed by atoms with Crippen molar-refractivity contribution < 1.29 is 14.3 Å². The molecule has 1 saturated heterocycles. The van der Waals surface area contributed by atoms with E-state index in [0.29, 0.717) is 23.9 Å². The first-order valence-corrected chi connectivity index (χ1v) is 10.3. The number of piperazine rings is 1. The Morgan fingerprint density at radius 3 is 2.46 bits per heavy atom. The van der Waals surface area contributed by atoms with Crippen LogP contribution in [0.1, 0.15) is 19.5 Å². The summed E-state index contributed by atoms with van der Waals surface area (Å²) in [5.74, 6) is 0.740. The lowest BCUT2D eigenvalue weighted by Crippen LogP contribution is -2.49. The zero-order valence-electron chi connectivity index (χ0n) is 16.5. The van der Waals surface area contributed by atoms with Crippen molar-refractivity contribution in [2.45, 2.75) is 20.3 Å². The molecule has 150 valence electrons. The molecule has 0 unspecified atom stereocenters. The fourth-order valence-electron chi connectivity index (χ4n) is 2.97. The Bertz CT molecular complexity index is 811. The van der Waals surface area contributed by atoms with Crippen molar-refractivity contribution in [2.75, 3.05) is 43.5 Å². The molecule has 1 N–H and O–H groups in total. The molecule has 8 heteroatoms. The molecule has 3 rings (SSSR count). The highest BCUT2D eigenvalue weighted by Gasteiger charge is 2.22. The maximum Gasteiger partial charge on any atom is 0.228 e. The van der Waals surface area contributed by atoms with Gasteiger partial charge in [-0.2, -0.15) is 0 Å². The molecule has 2 heterocycles. The number of benzene rings is 1. The van der Waals surface area contributed by atoms with Crippen LogP contribution in [-0.4, -0.2) is 55.0 Å². The van der Waals surface area contributed by atoms with Gasteiger partial charge < -0.3 is 19.9 Å². The van der Waals surface area contributed by atoms with Crippen LogP contribution in [0.2, 0.25) is 0 Å². The molecule has 28 heavy (non-hydrogen) atoms. The van der Waals surface area contributed by atoms with Gasteiger partial charge in [-0.15, -0.1) is 11.3 Å². The van der Waals surface area contributed by atoms with Crippen molar-refractivity contribution >= 4 is 34.0 Å². The Labute approximate surface area is 169 Å². The summed E-state index contributed by atoms with van der Waals surface area (Å²) in [4.78, 5) is 32.9. The standard InChI is InChI=1S/C20H26N4O3S/c1-14(2)19(26)22-20-21-15(13-28-20)12-18(25)24-10-8-23(9-11-24)16-4-6-17(27-3)7-5-16/h4-7,13-14H,8-12H2,1-3H3,(H,21,22,26). The van der Waals surface area contributed by atoms with Crippen molar-refractivity contribution in [3.63, 3.8) is 0 Å². The molecule has 0 saturated carbocycles. The summed E-state index contributed by atoms with van der Waals surface area (Å²) in [5, 5.41) is 5.16. The number of rotatable bonds is 6. The number of ether oxygens (including phenoxy) is 1. The fraction of sp³-hybridized carbons (Fsp3) is 0.450. The van der Waals surface area contributed by atoms with E-state index in [0.717, 1.165) is 24.5 Å². The third-order valence-corrected chi connectivity index (χ3v) is 5.52. The van der Waals surface area contributed by atoms with E-state index in [1.807, 2.05) is 48.4 Å². The Kier molecular flexibility index (Phi) is 6.51. The molecule has 0 bridgehead atoms. The van der Waals surface area contributed by atoms with Crippen LogP contribution in [-0.2, 0) is 16.0 Å². The summed E-state index contributed by atoms with van der Waals surface area (Å²) >= 11 is 1.35. The Balaban J connectivity index is 1.50. The number of nitrogens with zero attached hydrogens (tertiary/aromatic N) is 3. The quantitative estimate of drug-likeness (QED) is 0.804. The molecule has 2 aromatic rings. The van der Waals surface area contributed by atoms with Crippen molar-refractivity contribution in [3.8, 4) is 5.75 Å². The molecule has 0 aliphatic carbocycles. The molecule has 1 aliphatic rings. The molecule has 1 aromatic carbocycles. The number of thiazole rings is 1. The van der Waals surface area contributed by atoms with E-state index in [2.05, 4.69) is 15.2 Å². The molecule has 0 spiro atoms. The maximum atomic E-state index is 12.6. The van der Waals surface area contributed by atoms with Crippen molar-refractivity contribution in [1.29, 1.82) is 0 Å². The largest absolute Gasteiger partial charge is 0.497 e. The summed E-state index contributed by atoms with van der Waals surface area (Å²) in [6.45, 7) is 6.63. The van der Waals surface area contributed by atoms with E-state index in [1.54, 1.807) is 7.11 Å². The Hall–Kier alpha value is -2.61. The van der Waals surface area contributed by atoms with Crippen LogP contribution in [0.15, 0.2) is 29.6 Å². The lowest BCUT2D eigenvalue weighted by Gasteiger charge is -2.36. The lowest BCUT2D eigenvalue weighted by atomic mass is 10.2. The van der Waals surface area contributed by atoms with Crippen LogP contribution in [0.25, 0.3) is 0 Å². The highest BCUT2D eigenvalue weighted by molar-refractivity contribution is 7.13. The Morgan fingerprint density at radius 2 is 1.86 bits per heavy atom. The van der Waals surface area contributed by atoms with E-state index in [9.17, 15) is 9.59 Å². The zero-order chi connectivity index (χ0) is 20.1. The molecular formula is C20H26N4O3S. The second-order valence-corrected chi connectivity index (χ2v) is 7.89. The second kappa shape index (κ2) is 9.05. The third-order valence-electron chi connectivity index (χ3n) is 4.71. The molecule has 2 amide bonds. The summed E-state index contributed by atoms with van der Waals surface area (Å²) in [6.07, 6.45) is 0.261. The number of amides is 2. The number of anilines is 2. The first kappa shape index (κ1) is 20.1. The zero-order valence-corrected chi connectivity index (χ0v) is 17.3. The van der Waals surface area contributed by atoms with Crippen LogP contribution in [0.5, 0.6) is 5.75 Å². The molecule has 0 atom stereocenters. The number of aromatic nitrogens is 1. The van der Waals surface area contributed by atoms with Crippen molar-refractivity contribution in [2.24, 2.45) is 5.92 Å². The average molecular weight is 403 g/mol. The molecule has 0 radical (unpaired) electrons. The first-order valence-electron chi connectivity index (χ1n) is 9.38.